The highest BCUT2D eigenvalue weighted by molar-refractivity contribution is 14.1. The van der Waals surface area contributed by atoms with E-state index in [0.29, 0.717) is 0 Å². The molecule has 5 rings (SSSR count). The van der Waals surface area contributed by atoms with E-state index in [0.717, 1.165) is 11.5 Å². The molecule has 0 saturated heterocycles. The second kappa shape index (κ2) is 6.98. The molecular weight excluding hydrogens is 463 g/mol. The van der Waals surface area contributed by atoms with Gasteiger partial charge in [0.1, 0.15) is 11.5 Å². The number of fused-ring (bicyclic) bond motifs is 3. The van der Waals surface area contributed by atoms with Crippen LogP contribution in [-0.4, -0.2) is 0 Å². The number of halogens is 1. The molecule has 1 heterocycles. The molecule has 5 aromatic rings. The first-order valence-electron chi connectivity index (χ1n) is 8.76. The summed E-state index contributed by atoms with van der Waals surface area (Å²) in [4.78, 5) is 1.32. The zero-order valence-electron chi connectivity index (χ0n) is 14.4. The van der Waals surface area contributed by atoms with E-state index < -0.39 is 0 Å². The average Bonchev–Trinajstić information content (AvgIpc) is 3.05. The molecule has 0 aliphatic rings. The first-order chi connectivity index (χ1) is 13.3. The van der Waals surface area contributed by atoms with Crippen molar-refractivity contribution in [1.29, 1.82) is 0 Å². The molecule has 0 aliphatic heterocycles. The average molecular weight is 479 g/mol. The van der Waals surface area contributed by atoms with Gasteiger partial charge in [-0.3, -0.25) is 0 Å². The summed E-state index contributed by atoms with van der Waals surface area (Å²) in [6, 6.07) is 34.2. The second-order valence-electron chi connectivity index (χ2n) is 6.33. The summed E-state index contributed by atoms with van der Waals surface area (Å²) >= 11 is 2.30. The molecule has 0 spiro atoms. The summed E-state index contributed by atoms with van der Waals surface area (Å²) in [5.41, 5.74) is 0. The second-order valence-corrected chi connectivity index (χ2v) is 9.53. The molecular formula is C24H16IOS+. The summed E-state index contributed by atoms with van der Waals surface area (Å²) in [7, 11) is -0.0549. The topological polar surface area (TPSA) is 9.23 Å². The molecule has 0 saturated carbocycles. The van der Waals surface area contributed by atoms with E-state index in [1.54, 1.807) is 0 Å². The maximum absolute atomic E-state index is 5.99. The Hall–Kier alpha value is -2.37. The standard InChI is InChI=1S/C24H16IOS/c25-17-9-11-18(12-10-17)26-19-13-15-20(16-14-19)27-23-7-3-1-5-21(23)22-6-2-4-8-24(22)27/h1-16H/q+1. The van der Waals surface area contributed by atoms with E-state index in [1.807, 2.05) is 12.1 Å². The first kappa shape index (κ1) is 16.8. The molecule has 0 unspecified atom stereocenters. The van der Waals surface area contributed by atoms with Crippen molar-refractivity contribution < 1.29 is 4.74 Å². The molecule has 1 nitrogen and oxygen atoms in total. The summed E-state index contributed by atoms with van der Waals surface area (Å²) in [6.07, 6.45) is 0. The van der Waals surface area contributed by atoms with Crippen molar-refractivity contribution in [3.05, 3.63) is 101 Å². The van der Waals surface area contributed by atoms with E-state index in [-0.39, 0.29) is 10.5 Å². The fraction of sp³-hybridized carbons (Fsp3) is 0. The van der Waals surface area contributed by atoms with Gasteiger partial charge in [0, 0.05) is 36.9 Å². The van der Waals surface area contributed by atoms with Gasteiger partial charge in [0.15, 0.2) is 14.3 Å². The number of rotatable bonds is 3. The van der Waals surface area contributed by atoms with Crippen molar-refractivity contribution in [2.45, 2.75) is 0 Å². The van der Waals surface area contributed by atoms with Crippen molar-refractivity contribution >= 4 is 53.2 Å². The van der Waals surface area contributed by atoms with E-state index in [2.05, 4.69) is 108 Å². The van der Waals surface area contributed by atoms with Crippen LogP contribution in [0.15, 0.2) is 97.1 Å². The third kappa shape index (κ3) is 3.11. The Kier molecular flexibility index (Phi) is 4.34. The minimum Gasteiger partial charge on any atom is -0.457 e. The van der Waals surface area contributed by atoms with Crippen LogP contribution in [0.1, 0.15) is 0 Å². The lowest BCUT2D eigenvalue weighted by Gasteiger charge is -2.05. The quantitative estimate of drug-likeness (QED) is 0.188. The van der Waals surface area contributed by atoms with Crippen molar-refractivity contribution in [2.24, 2.45) is 0 Å². The molecule has 0 fully saturated rings. The number of hydrogen-bond donors (Lipinski definition) is 0. The van der Waals surface area contributed by atoms with Gasteiger partial charge in [-0.05, 0) is 83.3 Å². The Labute approximate surface area is 174 Å². The van der Waals surface area contributed by atoms with Gasteiger partial charge in [0.2, 0.25) is 0 Å². The lowest BCUT2D eigenvalue weighted by molar-refractivity contribution is 0.482. The van der Waals surface area contributed by atoms with Gasteiger partial charge < -0.3 is 4.74 Å². The van der Waals surface area contributed by atoms with Crippen LogP contribution in [-0.2, 0) is 0 Å². The number of ether oxygens (including phenoxy) is 1. The lowest BCUT2D eigenvalue weighted by Crippen LogP contribution is -1.83. The molecule has 27 heavy (non-hydrogen) atoms. The summed E-state index contributed by atoms with van der Waals surface area (Å²) < 4.78 is 10.0. The van der Waals surface area contributed by atoms with Gasteiger partial charge in [-0.1, -0.05) is 24.3 Å². The number of benzene rings is 4. The van der Waals surface area contributed by atoms with Crippen LogP contribution < -0.4 is 4.74 Å². The minimum atomic E-state index is -0.0549. The van der Waals surface area contributed by atoms with Gasteiger partial charge in [0.25, 0.3) is 0 Å². The van der Waals surface area contributed by atoms with Gasteiger partial charge in [-0.15, -0.1) is 0 Å². The Morgan fingerprint density at radius 3 is 1.59 bits per heavy atom. The molecule has 0 atom stereocenters. The smallest absolute Gasteiger partial charge is 0.187 e. The third-order valence-corrected chi connectivity index (χ3v) is 7.67. The number of hydrogen-bond acceptors (Lipinski definition) is 1. The summed E-state index contributed by atoms with van der Waals surface area (Å²) in [5.74, 6) is 1.73. The van der Waals surface area contributed by atoms with Gasteiger partial charge in [0.05, 0.1) is 0 Å². The highest BCUT2D eigenvalue weighted by atomic mass is 127. The van der Waals surface area contributed by atoms with Crippen molar-refractivity contribution in [3.8, 4) is 16.4 Å². The molecule has 0 N–H and O–H groups in total. The van der Waals surface area contributed by atoms with Gasteiger partial charge in [-0.2, -0.15) is 0 Å². The zero-order valence-corrected chi connectivity index (χ0v) is 17.4. The monoisotopic (exact) mass is 479 g/mol. The van der Waals surface area contributed by atoms with Crippen LogP contribution in [0.3, 0.4) is 0 Å². The van der Waals surface area contributed by atoms with Crippen LogP contribution in [0.2, 0.25) is 0 Å². The van der Waals surface area contributed by atoms with Gasteiger partial charge >= 0.3 is 0 Å². The van der Waals surface area contributed by atoms with Crippen LogP contribution in [0.5, 0.6) is 11.5 Å². The zero-order chi connectivity index (χ0) is 18.2. The summed E-state index contributed by atoms with van der Waals surface area (Å²) in [6.45, 7) is 0. The van der Waals surface area contributed by atoms with E-state index in [9.17, 15) is 0 Å². The Morgan fingerprint density at radius 1 is 0.556 bits per heavy atom. The highest BCUT2D eigenvalue weighted by Gasteiger charge is 2.22. The molecule has 130 valence electrons. The summed E-state index contributed by atoms with van der Waals surface area (Å²) in [5, 5.41) is 2.71. The van der Waals surface area contributed by atoms with E-state index in [4.69, 9.17) is 4.74 Å². The van der Waals surface area contributed by atoms with Crippen molar-refractivity contribution in [1.82, 2.24) is 0 Å². The maximum Gasteiger partial charge on any atom is 0.187 e. The fourth-order valence-corrected chi connectivity index (χ4v) is 6.13. The number of thiophene rings is 1. The van der Waals surface area contributed by atoms with Gasteiger partial charge in [-0.25, -0.2) is 0 Å². The Morgan fingerprint density at radius 2 is 1.04 bits per heavy atom. The predicted octanol–water partition coefficient (Wildman–Crippen LogP) is 8.13. The SMILES string of the molecule is Ic1ccc(Oc2ccc(-[s+]3c4ccccc4c4ccccc43)cc2)cc1. The van der Waals surface area contributed by atoms with Crippen LogP contribution in [0, 0.1) is 3.57 Å². The van der Waals surface area contributed by atoms with Crippen LogP contribution >= 0.6 is 33.1 Å². The van der Waals surface area contributed by atoms with Crippen LogP contribution in [0.25, 0.3) is 25.1 Å². The maximum atomic E-state index is 5.99. The molecule has 0 bridgehead atoms. The molecule has 0 aliphatic carbocycles. The van der Waals surface area contributed by atoms with Crippen molar-refractivity contribution in [2.75, 3.05) is 0 Å². The fourth-order valence-electron chi connectivity index (χ4n) is 3.39. The lowest BCUT2D eigenvalue weighted by atomic mass is 10.2. The van der Waals surface area contributed by atoms with Crippen molar-refractivity contribution in [3.63, 3.8) is 0 Å². The molecule has 0 radical (unpaired) electrons. The normalized spacial score (nSPS) is 11.1. The Bertz CT molecular complexity index is 1180. The predicted molar refractivity (Wildman–Crippen MR) is 125 cm³/mol. The molecule has 3 heteroatoms. The minimum absolute atomic E-state index is 0.0549. The highest BCUT2D eigenvalue weighted by Crippen LogP contribution is 2.48. The van der Waals surface area contributed by atoms with E-state index in [1.165, 1.54) is 28.6 Å². The Balaban J connectivity index is 1.57. The molecule has 1 aromatic heterocycles. The van der Waals surface area contributed by atoms with E-state index >= 15 is 0 Å². The molecule has 4 aromatic carbocycles. The third-order valence-electron chi connectivity index (χ3n) is 4.61. The molecule has 0 amide bonds. The largest absolute Gasteiger partial charge is 0.457 e. The first-order valence-corrected chi connectivity index (χ1v) is 11.1. The van der Waals surface area contributed by atoms with Crippen LogP contribution in [0.4, 0.5) is 0 Å².